The molecule has 19 heavy (non-hydrogen) atoms. The Balaban J connectivity index is 1.59. The SMILES string of the molecule is N#Cc1ccnc(NCCCOC2CCNCC2)c1. The molecule has 2 N–H and O–H groups in total. The largest absolute Gasteiger partial charge is 0.378 e. The Morgan fingerprint density at radius 3 is 3.11 bits per heavy atom. The van der Waals surface area contributed by atoms with E-state index in [0.29, 0.717) is 11.7 Å². The summed E-state index contributed by atoms with van der Waals surface area (Å²) in [4.78, 5) is 4.16. The van der Waals surface area contributed by atoms with Crippen molar-refractivity contribution in [3.05, 3.63) is 23.9 Å². The number of nitrogens with zero attached hydrogens (tertiary/aromatic N) is 2. The van der Waals surface area contributed by atoms with E-state index in [2.05, 4.69) is 21.7 Å². The number of rotatable bonds is 6. The summed E-state index contributed by atoms with van der Waals surface area (Å²) >= 11 is 0. The minimum Gasteiger partial charge on any atom is -0.378 e. The monoisotopic (exact) mass is 260 g/mol. The Morgan fingerprint density at radius 2 is 2.32 bits per heavy atom. The van der Waals surface area contributed by atoms with Gasteiger partial charge in [0.15, 0.2) is 0 Å². The number of nitriles is 1. The van der Waals surface area contributed by atoms with E-state index in [4.69, 9.17) is 10.00 Å². The first kappa shape index (κ1) is 13.8. The summed E-state index contributed by atoms with van der Waals surface area (Å²) in [5.41, 5.74) is 0.628. The summed E-state index contributed by atoms with van der Waals surface area (Å²) in [6.07, 6.45) is 5.23. The van der Waals surface area contributed by atoms with Crippen LogP contribution < -0.4 is 10.6 Å². The van der Waals surface area contributed by atoms with Gasteiger partial charge in [0.2, 0.25) is 0 Å². The molecule has 1 aliphatic heterocycles. The Hall–Kier alpha value is -1.64. The van der Waals surface area contributed by atoms with Crippen molar-refractivity contribution >= 4 is 5.82 Å². The lowest BCUT2D eigenvalue weighted by Crippen LogP contribution is -2.32. The van der Waals surface area contributed by atoms with Gasteiger partial charge in [-0.15, -0.1) is 0 Å². The molecule has 0 spiro atoms. The number of hydrogen-bond acceptors (Lipinski definition) is 5. The van der Waals surface area contributed by atoms with Crippen molar-refractivity contribution < 1.29 is 4.74 Å². The average Bonchev–Trinajstić information content (AvgIpc) is 2.48. The van der Waals surface area contributed by atoms with E-state index in [-0.39, 0.29) is 0 Å². The maximum Gasteiger partial charge on any atom is 0.127 e. The molecule has 1 aliphatic rings. The summed E-state index contributed by atoms with van der Waals surface area (Å²) in [5.74, 6) is 0.751. The number of anilines is 1. The Bertz CT molecular complexity index is 424. The minimum absolute atomic E-state index is 0.418. The molecular weight excluding hydrogens is 240 g/mol. The van der Waals surface area contributed by atoms with Crippen molar-refractivity contribution in [3.8, 4) is 6.07 Å². The van der Waals surface area contributed by atoms with E-state index in [9.17, 15) is 0 Å². The van der Waals surface area contributed by atoms with Crippen LogP contribution >= 0.6 is 0 Å². The van der Waals surface area contributed by atoms with Crippen LogP contribution in [0, 0.1) is 11.3 Å². The van der Waals surface area contributed by atoms with Crippen LogP contribution in [0.1, 0.15) is 24.8 Å². The number of hydrogen-bond donors (Lipinski definition) is 2. The van der Waals surface area contributed by atoms with E-state index in [0.717, 1.165) is 51.3 Å². The van der Waals surface area contributed by atoms with Crippen LogP contribution in [0.5, 0.6) is 0 Å². The zero-order chi connectivity index (χ0) is 13.3. The van der Waals surface area contributed by atoms with Crippen molar-refractivity contribution in [2.75, 3.05) is 31.6 Å². The maximum atomic E-state index is 8.79. The van der Waals surface area contributed by atoms with Crippen LogP contribution in [0.3, 0.4) is 0 Å². The lowest BCUT2D eigenvalue weighted by atomic mass is 10.1. The van der Waals surface area contributed by atoms with Crippen molar-refractivity contribution in [1.29, 1.82) is 5.26 Å². The van der Waals surface area contributed by atoms with E-state index in [1.165, 1.54) is 0 Å². The van der Waals surface area contributed by atoms with Gasteiger partial charge in [0.1, 0.15) is 5.82 Å². The second kappa shape index (κ2) is 7.72. The molecule has 0 saturated carbocycles. The van der Waals surface area contributed by atoms with Crippen LogP contribution in [-0.2, 0) is 4.74 Å². The molecule has 102 valence electrons. The topological polar surface area (TPSA) is 70.0 Å². The molecule has 1 aromatic rings. The molecule has 1 fully saturated rings. The zero-order valence-electron chi connectivity index (χ0n) is 11.1. The summed E-state index contributed by atoms with van der Waals surface area (Å²) in [7, 11) is 0. The fourth-order valence-electron chi connectivity index (χ4n) is 2.10. The zero-order valence-corrected chi connectivity index (χ0v) is 11.1. The number of aromatic nitrogens is 1. The molecule has 1 aromatic heterocycles. The van der Waals surface area contributed by atoms with Crippen molar-refractivity contribution in [2.24, 2.45) is 0 Å². The van der Waals surface area contributed by atoms with Crippen LogP contribution in [0.15, 0.2) is 18.3 Å². The third kappa shape index (κ3) is 4.86. The van der Waals surface area contributed by atoms with Crippen LogP contribution in [0.25, 0.3) is 0 Å². The smallest absolute Gasteiger partial charge is 0.127 e. The van der Waals surface area contributed by atoms with Crippen molar-refractivity contribution in [1.82, 2.24) is 10.3 Å². The van der Waals surface area contributed by atoms with Gasteiger partial charge in [-0.1, -0.05) is 0 Å². The molecule has 5 heteroatoms. The van der Waals surface area contributed by atoms with Gasteiger partial charge in [-0.05, 0) is 44.5 Å². The van der Waals surface area contributed by atoms with Gasteiger partial charge >= 0.3 is 0 Å². The fourth-order valence-corrected chi connectivity index (χ4v) is 2.10. The molecule has 0 aromatic carbocycles. The highest BCUT2D eigenvalue weighted by molar-refractivity contribution is 5.42. The molecule has 5 nitrogen and oxygen atoms in total. The third-order valence-corrected chi connectivity index (χ3v) is 3.16. The van der Waals surface area contributed by atoms with Gasteiger partial charge in [0, 0.05) is 19.3 Å². The minimum atomic E-state index is 0.418. The molecule has 2 heterocycles. The standard InChI is InChI=1S/C14H20N4O/c15-11-12-2-8-18-14(10-12)17-5-1-9-19-13-3-6-16-7-4-13/h2,8,10,13,16H,1,3-7,9H2,(H,17,18). The van der Waals surface area contributed by atoms with E-state index >= 15 is 0 Å². The van der Waals surface area contributed by atoms with Crippen molar-refractivity contribution in [3.63, 3.8) is 0 Å². The highest BCUT2D eigenvalue weighted by atomic mass is 16.5. The molecule has 0 aliphatic carbocycles. The first-order valence-corrected chi connectivity index (χ1v) is 6.81. The van der Waals surface area contributed by atoms with Crippen molar-refractivity contribution in [2.45, 2.75) is 25.4 Å². The second-order valence-corrected chi connectivity index (χ2v) is 4.64. The molecular formula is C14H20N4O. The molecule has 0 amide bonds. The average molecular weight is 260 g/mol. The highest BCUT2D eigenvalue weighted by Crippen LogP contribution is 2.08. The molecule has 0 atom stereocenters. The number of ether oxygens (including phenoxy) is 1. The molecule has 0 bridgehead atoms. The molecule has 0 unspecified atom stereocenters. The molecule has 2 rings (SSSR count). The van der Waals surface area contributed by atoms with Gasteiger partial charge in [-0.2, -0.15) is 5.26 Å². The van der Waals surface area contributed by atoms with Gasteiger partial charge in [-0.25, -0.2) is 4.98 Å². The Kier molecular flexibility index (Phi) is 5.60. The first-order chi connectivity index (χ1) is 9.38. The van der Waals surface area contributed by atoms with Crippen LogP contribution in [0.4, 0.5) is 5.82 Å². The first-order valence-electron chi connectivity index (χ1n) is 6.81. The highest BCUT2D eigenvalue weighted by Gasteiger charge is 2.12. The number of pyridine rings is 1. The predicted octanol–water partition coefficient (Wildman–Crippen LogP) is 1.52. The lowest BCUT2D eigenvalue weighted by molar-refractivity contribution is 0.0329. The van der Waals surface area contributed by atoms with E-state index in [1.807, 2.05) is 0 Å². The summed E-state index contributed by atoms with van der Waals surface area (Å²) < 4.78 is 5.81. The van der Waals surface area contributed by atoms with Crippen LogP contribution in [-0.4, -0.2) is 37.3 Å². The fraction of sp³-hybridized carbons (Fsp3) is 0.571. The van der Waals surface area contributed by atoms with E-state index < -0.39 is 0 Å². The Labute approximate surface area is 114 Å². The van der Waals surface area contributed by atoms with Gasteiger partial charge in [0.25, 0.3) is 0 Å². The summed E-state index contributed by atoms with van der Waals surface area (Å²) in [5, 5.41) is 15.3. The summed E-state index contributed by atoms with van der Waals surface area (Å²) in [6.45, 7) is 3.71. The maximum absolute atomic E-state index is 8.79. The number of nitrogens with one attached hydrogen (secondary N) is 2. The van der Waals surface area contributed by atoms with E-state index in [1.54, 1.807) is 18.3 Å². The third-order valence-electron chi connectivity index (χ3n) is 3.16. The van der Waals surface area contributed by atoms with Gasteiger partial charge in [-0.3, -0.25) is 0 Å². The normalized spacial score (nSPS) is 15.9. The Morgan fingerprint density at radius 1 is 1.47 bits per heavy atom. The molecule has 1 saturated heterocycles. The second-order valence-electron chi connectivity index (χ2n) is 4.64. The quantitative estimate of drug-likeness (QED) is 0.759. The lowest BCUT2D eigenvalue weighted by Gasteiger charge is -2.22. The molecule has 0 radical (unpaired) electrons. The van der Waals surface area contributed by atoms with Gasteiger partial charge in [0.05, 0.1) is 17.7 Å². The van der Waals surface area contributed by atoms with Gasteiger partial charge < -0.3 is 15.4 Å². The van der Waals surface area contributed by atoms with Crippen LogP contribution in [0.2, 0.25) is 0 Å². The summed E-state index contributed by atoms with van der Waals surface area (Å²) in [6, 6.07) is 5.56. The predicted molar refractivity (Wildman–Crippen MR) is 73.9 cm³/mol. The number of piperidine rings is 1.